The van der Waals surface area contributed by atoms with E-state index in [0.717, 1.165) is 49.4 Å². The van der Waals surface area contributed by atoms with Gasteiger partial charge in [-0.05, 0) is 42.4 Å². The van der Waals surface area contributed by atoms with E-state index in [-0.39, 0.29) is 18.7 Å². The number of halogens is 2. The van der Waals surface area contributed by atoms with Crippen LogP contribution in [0.3, 0.4) is 0 Å². The SMILES string of the molecule is CN1CCN(Nc2cnc3ccc(CNC(=O)c4cncn(Cc5ccc(F)c(F)c5)c4=O)cc3n2)CC1. The molecule has 3 heterocycles. The van der Waals surface area contributed by atoms with E-state index in [4.69, 9.17) is 0 Å². The third-order valence-corrected chi connectivity index (χ3v) is 6.32. The standard InChI is InChI=1S/C26H26F2N8O2/c1-34-6-8-36(9-7-34)33-24-14-30-22-5-3-17(11-23(22)32-24)12-31-25(37)19-13-29-16-35(26(19)38)15-18-2-4-20(27)21(28)10-18/h2-5,10-11,13-14,16H,6-9,12,15H2,1H3,(H,31,37)(H,32,33). The first-order valence-electron chi connectivity index (χ1n) is 12.1. The van der Waals surface area contributed by atoms with Gasteiger partial charge in [0, 0.05) is 38.9 Å². The Morgan fingerprint density at radius 2 is 1.76 bits per heavy atom. The summed E-state index contributed by atoms with van der Waals surface area (Å²) in [6.45, 7) is 3.77. The average molecular weight is 521 g/mol. The Labute approximate surface area is 216 Å². The Balaban J connectivity index is 1.25. The van der Waals surface area contributed by atoms with Gasteiger partial charge in [-0.15, -0.1) is 0 Å². The zero-order valence-corrected chi connectivity index (χ0v) is 20.7. The van der Waals surface area contributed by atoms with Crippen molar-refractivity contribution in [2.75, 3.05) is 38.7 Å². The fraction of sp³-hybridized carbons (Fsp3) is 0.269. The van der Waals surface area contributed by atoms with Crippen molar-refractivity contribution in [1.29, 1.82) is 0 Å². The molecule has 5 rings (SSSR count). The number of benzene rings is 2. The lowest BCUT2D eigenvalue weighted by Gasteiger charge is -2.32. The van der Waals surface area contributed by atoms with E-state index in [2.05, 4.69) is 42.7 Å². The van der Waals surface area contributed by atoms with Crippen molar-refractivity contribution in [3.8, 4) is 0 Å². The van der Waals surface area contributed by atoms with E-state index in [9.17, 15) is 18.4 Å². The van der Waals surface area contributed by atoms with E-state index in [1.54, 1.807) is 6.20 Å². The van der Waals surface area contributed by atoms with Crippen LogP contribution >= 0.6 is 0 Å². The summed E-state index contributed by atoms with van der Waals surface area (Å²) in [4.78, 5) is 41.0. The van der Waals surface area contributed by atoms with Crippen LogP contribution in [0.15, 0.2) is 59.9 Å². The van der Waals surface area contributed by atoms with Crippen molar-refractivity contribution in [1.82, 2.24) is 34.7 Å². The van der Waals surface area contributed by atoms with Crippen LogP contribution in [-0.2, 0) is 13.1 Å². The van der Waals surface area contributed by atoms with Crippen LogP contribution in [0.1, 0.15) is 21.5 Å². The molecule has 196 valence electrons. The molecule has 2 aromatic carbocycles. The van der Waals surface area contributed by atoms with Crippen LogP contribution in [0, 0.1) is 11.6 Å². The number of piperazine rings is 1. The fourth-order valence-electron chi connectivity index (χ4n) is 4.13. The smallest absolute Gasteiger partial charge is 0.266 e. The largest absolute Gasteiger partial charge is 0.348 e. The van der Waals surface area contributed by atoms with E-state index < -0.39 is 23.1 Å². The molecule has 0 aliphatic carbocycles. The van der Waals surface area contributed by atoms with E-state index >= 15 is 0 Å². The molecule has 0 unspecified atom stereocenters. The number of carbonyl (C=O) groups is 1. The molecule has 0 radical (unpaired) electrons. The quantitative estimate of drug-likeness (QED) is 0.381. The highest BCUT2D eigenvalue weighted by Gasteiger charge is 2.16. The second kappa shape index (κ2) is 11.0. The minimum atomic E-state index is -1.01. The number of rotatable bonds is 7. The van der Waals surface area contributed by atoms with Gasteiger partial charge in [-0.2, -0.15) is 0 Å². The molecule has 0 atom stereocenters. The Hall–Kier alpha value is -4.29. The average Bonchev–Trinajstić information content (AvgIpc) is 2.91. The molecule has 10 nitrogen and oxygen atoms in total. The van der Waals surface area contributed by atoms with Crippen molar-refractivity contribution < 1.29 is 13.6 Å². The molecule has 4 aromatic rings. The number of nitrogens with zero attached hydrogens (tertiary/aromatic N) is 6. The van der Waals surface area contributed by atoms with Gasteiger partial charge >= 0.3 is 0 Å². The first-order valence-corrected chi connectivity index (χ1v) is 12.1. The number of anilines is 1. The predicted molar refractivity (Wildman–Crippen MR) is 137 cm³/mol. The van der Waals surface area contributed by atoms with Crippen LogP contribution < -0.4 is 16.3 Å². The molecule has 38 heavy (non-hydrogen) atoms. The summed E-state index contributed by atoms with van der Waals surface area (Å²) >= 11 is 0. The number of hydrogen-bond acceptors (Lipinski definition) is 8. The molecule has 1 fully saturated rings. The van der Waals surface area contributed by atoms with Crippen LogP contribution in [0.2, 0.25) is 0 Å². The molecular weight excluding hydrogens is 494 g/mol. The number of fused-ring (bicyclic) bond motifs is 1. The Kier molecular flexibility index (Phi) is 7.33. The lowest BCUT2D eigenvalue weighted by atomic mass is 10.2. The summed E-state index contributed by atoms with van der Waals surface area (Å²) in [5.74, 6) is -1.95. The molecule has 1 saturated heterocycles. The molecule has 2 N–H and O–H groups in total. The molecule has 12 heteroatoms. The highest BCUT2D eigenvalue weighted by molar-refractivity contribution is 5.93. The summed E-state index contributed by atoms with van der Waals surface area (Å²) in [7, 11) is 2.09. The minimum absolute atomic E-state index is 0.0575. The van der Waals surface area contributed by atoms with Gasteiger partial charge in [-0.1, -0.05) is 12.1 Å². The number of amides is 1. The van der Waals surface area contributed by atoms with E-state index in [1.807, 2.05) is 18.2 Å². The lowest BCUT2D eigenvalue weighted by Crippen LogP contribution is -2.47. The third kappa shape index (κ3) is 5.82. The monoisotopic (exact) mass is 520 g/mol. The predicted octanol–water partition coefficient (Wildman–Crippen LogP) is 2.02. The second-order valence-electron chi connectivity index (χ2n) is 9.15. The van der Waals surface area contributed by atoms with Gasteiger partial charge < -0.3 is 15.6 Å². The second-order valence-corrected chi connectivity index (χ2v) is 9.15. The van der Waals surface area contributed by atoms with Crippen molar-refractivity contribution in [2.24, 2.45) is 0 Å². The van der Waals surface area contributed by atoms with Gasteiger partial charge in [0.1, 0.15) is 5.56 Å². The summed E-state index contributed by atoms with van der Waals surface area (Å²) in [5.41, 5.74) is 5.09. The van der Waals surface area contributed by atoms with Crippen LogP contribution in [0.25, 0.3) is 11.0 Å². The molecule has 0 saturated carbocycles. The molecule has 0 spiro atoms. The van der Waals surface area contributed by atoms with Crippen molar-refractivity contribution in [2.45, 2.75) is 13.1 Å². The highest BCUT2D eigenvalue weighted by atomic mass is 19.2. The number of hydrogen-bond donors (Lipinski definition) is 2. The first kappa shape index (κ1) is 25.4. The molecule has 1 aliphatic rings. The number of carbonyl (C=O) groups excluding carboxylic acids is 1. The van der Waals surface area contributed by atoms with Crippen molar-refractivity contribution in [3.05, 3.63) is 93.8 Å². The van der Waals surface area contributed by atoms with Gasteiger partial charge in [0.15, 0.2) is 17.5 Å². The number of likely N-dealkylation sites (N-methyl/N-ethyl adjacent to an activating group) is 1. The van der Waals surface area contributed by atoms with Crippen LogP contribution in [0.5, 0.6) is 0 Å². The summed E-state index contributed by atoms with van der Waals surface area (Å²) < 4.78 is 27.9. The molecule has 1 amide bonds. The van der Waals surface area contributed by atoms with E-state index in [1.165, 1.54) is 23.2 Å². The maximum Gasteiger partial charge on any atom is 0.266 e. The van der Waals surface area contributed by atoms with E-state index in [0.29, 0.717) is 16.9 Å². The maximum atomic E-state index is 13.5. The van der Waals surface area contributed by atoms with Crippen LogP contribution in [-0.4, -0.2) is 68.6 Å². The normalized spacial score (nSPS) is 14.5. The van der Waals surface area contributed by atoms with Gasteiger partial charge in [0.05, 0.1) is 30.1 Å². The van der Waals surface area contributed by atoms with Crippen molar-refractivity contribution in [3.63, 3.8) is 0 Å². The molecule has 2 aromatic heterocycles. The minimum Gasteiger partial charge on any atom is -0.348 e. The number of hydrazine groups is 1. The Bertz CT molecular complexity index is 1540. The highest BCUT2D eigenvalue weighted by Crippen LogP contribution is 2.16. The van der Waals surface area contributed by atoms with Crippen molar-refractivity contribution >= 4 is 22.8 Å². The molecular formula is C26H26F2N8O2. The molecule has 1 aliphatic heterocycles. The Morgan fingerprint density at radius 1 is 0.974 bits per heavy atom. The summed E-state index contributed by atoms with van der Waals surface area (Å²) in [5, 5.41) is 4.84. The topological polar surface area (TPSA) is 108 Å². The third-order valence-electron chi connectivity index (χ3n) is 6.32. The zero-order valence-electron chi connectivity index (χ0n) is 20.7. The van der Waals surface area contributed by atoms with Gasteiger partial charge in [-0.25, -0.2) is 23.8 Å². The van der Waals surface area contributed by atoms with Gasteiger partial charge in [0.25, 0.3) is 11.5 Å². The fourth-order valence-corrected chi connectivity index (χ4v) is 4.13. The van der Waals surface area contributed by atoms with Crippen LogP contribution in [0.4, 0.5) is 14.6 Å². The van der Waals surface area contributed by atoms with Gasteiger partial charge in [0.2, 0.25) is 0 Å². The molecule has 0 bridgehead atoms. The zero-order chi connectivity index (χ0) is 26.6. The summed E-state index contributed by atoms with van der Waals surface area (Å²) in [6, 6.07) is 8.84. The Morgan fingerprint density at radius 3 is 2.55 bits per heavy atom. The summed E-state index contributed by atoms with van der Waals surface area (Å²) in [6.07, 6.45) is 4.12. The maximum absolute atomic E-state index is 13.5. The number of nitrogens with one attached hydrogen (secondary N) is 2. The lowest BCUT2D eigenvalue weighted by molar-refractivity contribution is 0.0948. The van der Waals surface area contributed by atoms with Gasteiger partial charge in [-0.3, -0.25) is 19.1 Å². The first-order chi connectivity index (χ1) is 18.4. The number of aromatic nitrogens is 4.